The van der Waals surface area contributed by atoms with Gasteiger partial charge in [-0.3, -0.25) is 0 Å². The fraction of sp³-hybridized carbons (Fsp3) is 0.188. The van der Waals surface area contributed by atoms with Gasteiger partial charge < -0.3 is 15.2 Å². The summed E-state index contributed by atoms with van der Waals surface area (Å²) in [4.78, 5) is 0.245. The summed E-state index contributed by atoms with van der Waals surface area (Å²) in [6, 6.07) is 11.1. The topological polar surface area (TPSA) is 44.5 Å². The van der Waals surface area contributed by atoms with Gasteiger partial charge in [0.15, 0.2) is 0 Å². The molecular weight excluding hydrogens is 327 g/mol. The first-order valence-electron chi connectivity index (χ1n) is 6.67. The predicted molar refractivity (Wildman–Crippen MR) is 84.8 cm³/mol. The van der Waals surface area contributed by atoms with E-state index in [1.807, 2.05) is 0 Å². The maximum absolute atomic E-state index is 12.5. The minimum atomic E-state index is -4.36. The molecule has 7 heteroatoms. The average Bonchev–Trinajstić information content (AvgIpc) is 2.49. The predicted octanol–water partition coefficient (Wildman–Crippen LogP) is 4.55. The van der Waals surface area contributed by atoms with E-state index in [-0.39, 0.29) is 4.99 Å². The monoisotopic (exact) mass is 341 g/mol. The van der Waals surface area contributed by atoms with Crippen LogP contribution in [0, 0.1) is 0 Å². The number of halogens is 3. The molecule has 0 saturated heterocycles. The number of hydrogen-bond acceptors (Lipinski definition) is 3. The summed E-state index contributed by atoms with van der Waals surface area (Å²) in [6.07, 6.45) is -4.76. The first kappa shape index (κ1) is 17.1. The van der Waals surface area contributed by atoms with Crippen molar-refractivity contribution in [1.29, 1.82) is 0 Å². The molecule has 23 heavy (non-hydrogen) atoms. The fourth-order valence-electron chi connectivity index (χ4n) is 1.70. The molecule has 0 amide bonds. The molecule has 122 valence electrons. The largest absolute Gasteiger partial charge is 0.484 e. The quantitative estimate of drug-likeness (QED) is 0.810. The molecule has 0 aliphatic carbocycles. The molecule has 0 aliphatic rings. The number of benzene rings is 2. The minimum absolute atomic E-state index is 0.245. The SMILES string of the molecule is CC(Oc1ccc(Oc2ccc(C(F)(F)F)cc2)cc1)C(N)=S. The molecule has 1 unspecified atom stereocenters. The van der Waals surface area contributed by atoms with Crippen LogP contribution in [0.3, 0.4) is 0 Å². The van der Waals surface area contributed by atoms with Crippen LogP contribution >= 0.6 is 12.2 Å². The van der Waals surface area contributed by atoms with Crippen LogP contribution in [-0.4, -0.2) is 11.1 Å². The van der Waals surface area contributed by atoms with Crippen molar-refractivity contribution in [2.45, 2.75) is 19.2 Å². The third-order valence-electron chi connectivity index (χ3n) is 2.95. The lowest BCUT2D eigenvalue weighted by molar-refractivity contribution is -0.137. The number of hydrogen-bond donors (Lipinski definition) is 1. The molecular formula is C16H14F3NO2S. The Bertz CT molecular complexity index is 669. The zero-order chi connectivity index (χ0) is 17.0. The lowest BCUT2D eigenvalue weighted by atomic mass is 10.2. The van der Waals surface area contributed by atoms with Crippen LogP contribution in [0.2, 0.25) is 0 Å². The van der Waals surface area contributed by atoms with E-state index in [4.69, 9.17) is 27.4 Å². The third-order valence-corrected chi connectivity index (χ3v) is 3.29. The van der Waals surface area contributed by atoms with Gasteiger partial charge in [0.1, 0.15) is 28.3 Å². The van der Waals surface area contributed by atoms with Crippen molar-refractivity contribution < 1.29 is 22.6 Å². The van der Waals surface area contributed by atoms with Gasteiger partial charge >= 0.3 is 6.18 Å². The number of rotatable bonds is 5. The second kappa shape index (κ2) is 6.87. The summed E-state index contributed by atoms with van der Waals surface area (Å²) in [5.41, 5.74) is 4.74. The molecule has 0 bridgehead atoms. The van der Waals surface area contributed by atoms with Crippen LogP contribution < -0.4 is 15.2 Å². The number of ether oxygens (including phenoxy) is 2. The second-order valence-corrected chi connectivity index (χ2v) is 5.23. The normalized spacial score (nSPS) is 12.5. The zero-order valence-corrected chi connectivity index (χ0v) is 12.9. The molecule has 3 nitrogen and oxygen atoms in total. The highest BCUT2D eigenvalue weighted by molar-refractivity contribution is 7.80. The molecule has 2 rings (SSSR count). The van der Waals surface area contributed by atoms with Crippen LogP contribution in [0.25, 0.3) is 0 Å². The molecule has 0 heterocycles. The highest BCUT2D eigenvalue weighted by Crippen LogP contribution is 2.31. The van der Waals surface area contributed by atoms with Gasteiger partial charge in [0.2, 0.25) is 0 Å². The van der Waals surface area contributed by atoms with Gasteiger partial charge in [-0.2, -0.15) is 13.2 Å². The maximum Gasteiger partial charge on any atom is 0.416 e. The van der Waals surface area contributed by atoms with Crippen LogP contribution in [0.5, 0.6) is 17.2 Å². The van der Waals surface area contributed by atoms with Gasteiger partial charge in [0.05, 0.1) is 5.56 Å². The van der Waals surface area contributed by atoms with Crippen molar-refractivity contribution in [2.24, 2.45) is 5.73 Å². The smallest absolute Gasteiger partial charge is 0.416 e. The number of thiocarbonyl (C=S) groups is 1. The molecule has 0 aliphatic heterocycles. The second-order valence-electron chi connectivity index (χ2n) is 4.76. The Kier molecular flexibility index (Phi) is 5.10. The van der Waals surface area contributed by atoms with Crippen LogP contribution in [0.1, 0.15) is 12.5 Å². The molecule has 2 N–H and O–H groups in total. The lowest BCUT2D eigenvalue weighted by Crippen LogP contribution is -2.28. The first-order valence-corrected chi connectivity index (χ1v) is 7.07. The van der Waals surface area contributed by atoms with E-state index in [0.717, 1.165) is 12.1 Å². The van der Waals surface area contributed by atoms with E-state index in [0.29, 0.717) is 17.2 Å². The Balaban J connectivity index is 2.02. The Morgan fingerprint density at radius 1 is 0.957 bits per heavy atom. The number of alkyl halides is 3. The lowest BCUT2D eigenvalue weighted by Gasteiger charge is -2.13. The fourth-order valence-corrected chi connectivity index (χ4v) is 1.74. The van der Waals surface area contributed by atoms with Crippen LogP contribution in [-0.2, 0) is 6.18 Å². The molecule has 0 saturated carbocycles. The van der Waals surface area contributed by atoms with E-state index in [2.05, 4.69) is 0 Å². The summed E-state index contributed by atoms with van der Waals surface area (Å²) in [5.74, 6) is 1.34. The van der Waals surface area contributed by atoms with Gasteiger partial charge in [-0.25, -0.2) is 0 Å². The highest BCUT2D eigenvalue weighted by Gasteiger charge is 2.30. The van der Waals surface area contributed by atoms with Crippen molar-refractivity contribution in [2.75, 3.05) is 0 Å². The van der Waals surface area contributed by atoms with Crippen molar-refractivity contribution >= 4 is 17.2 Å². The summed E-state index contributed by atoms with van der Waals surface area (Å²) >= 11 is 4.81. The van der Waals surface area contributed by atoms with Crippen molar-refractivity contribution in [1.82, 2.24) is 0 Å². The van der Waals surface area contributed by atoms with Crippen LogP contribution in [0.4, 0.5) is 13.2 Å². The van der Waals surface area contributed by atoms with Gasteiger partial charge in [-0.1, -0.05) is 12.2 Å². The van der Waals surface area contributed by atoms with Gasteiger partial charge in [0.25, 0.3) is 0 Å². The van der Waals surface area contributed by atoms with Gasteiger partial charge in [-0.05, 0) is 55.5 Å². The average molecular weight is 341 g/mol. The minimum Gasteiger partial charge on any atom is -0.484 e. The summed E-state index contributed by atoms with van der Waals surface area (Å²) in [7, 11) is 0. The maximum atomic E-state index is 12.5. The number of nitrogens with two attached hydrogens (primary N) is 1. The Morgan fingerprint density at radius 3 is 1.83 bits per heavy atom. The Morgan fingerprint density at radius 2 is 1.39 bits per heavy atom. The first-order chi connectivity index (χ1) is 10.8. The summed E-state index contributed by atoms with van der Waals surface area (Å²) < 4.78 is 48.4. The van der Waals surface area contributed by atoms with Crippen molar-refractivity contribution in [3.05, 3.63) is 54.1 Å². The van der Waals surface area contributed by atoms with Gasteiger partial charge in [0, 0.05) is 0 Å². The van der Waals surface area contributed by atoms with E-state index < -0.39 is 17.8 Å². The van der Waals surface area contributed by atoms with Gasteiger partial charge in [-0.15, -0.1) is 0 Å². The van der Waals surface area contributed by atoms with Crippen LogP contribution in [0.15, 0.2) is 48.5 Å². The summed E-state index contributed by atoms with van der Waals surface area (Å²) in [5, 5.41) is 0. The third kappa shape index (κ3) is 4.85. The van der Waals surface area contributed by atoms with E-state index in [9.17, 15) is 13.2 Å². The Labute approximate surface area is 136 Å². The molecule has 2 aromatic rings. The van der Waals surface area contributed by atoms with Crippen molar-refractivity contribution in [3.8, 4) is 17.2 Å². The van der Waals surface area contributed by atoms with E-state index in [1.54, 1.807) is 31.2 Å². The molecule has 1 atom stereocenters. The molecule has 2 aromatic carbocycles. The molecule has 0 fully saturated rings. The van der Waals surface area contributed by atoms with E-state index in [1.165, 1.54) is 12.1 Å². The highest BCUT2D eigenvalue weighted by atomic mass is 32.1. The Hall–Kier alpha value is -2.28. The van der Waals surface area contributed by atoms with E-state index >= 15 is 0 Å². The standard InChI is InChI=1S/C16H14F3NO2S/c1-10(15(20)23)21-12-6-8-14(9-7-12)22-13-4-2-11(3-5-13)16(17,18)19/h2-10H,1H3,(H2,20,23). The molecule has 0 radical (unpaired) electrons. The zero-order valence-electron chi connectivity index (χ0n) is 12.1. The molecule has 0 aromatic heterocycles. The van der Waals surface area contributed by atoms with Crippen molar-refractivity contribution in [3.63, 3.8) is 0 Å². The summed E-state index contributed by atoms with van der Waals surface area (Å²) in [6.45, 7) is 1.73. The molecule has 0 spiro atoms.